The molecule has 2 aliphatic heterocycles. The van der Waals surface area contributed by atoms with Gasteiger partial charge in [-0.2, -0.15) is 0 Å². The lowest BCUT2D eigenvalue weighted by atomic mass is 10.2. The Labute approximate surface area is 163 Å². The van der Waals surface area contributed by atoms with Crippen LogP contribution in [0.5, 0.6) is 0 Å². The number of ether oxygens (including phenoxy) is 2. The van der Waals surface area contributed by atoms with E-state index in [2.05, 4.69) is 53.2 Å². The Bertz CT molecular complexity index is 594. The monoisotopic (exact) mass is 374 g/mol. The van der Waals surface area contributed by atoms with E-state index >= 15 is 0 Å². The maximum absolute atomic E-state index is 5.73. The van der Waals surface area contributed by atoms with Crippen LogP contribution in [-0.2, 0) is 9.47 Å². The maximum atomic E-state index is 5.73. The van der Waals surface area contributed by atoms with E-state index in [4.69, 9.17) is 14.5 Å². The fourth-order valence-corrected chi connectivity index (χ4v) is 3.63. The zero-order chi connectivity index (χ0) is 18.9. The van der Waals surface area contributed by atoms with Crippen LogP contribution in [0.4, 0.5) is 5.69 Å². The quantitative estimate of drug-likeness (QED) is 0.451. The standard InChI is InChI=1S/C21H34N4O2/c1-3-22-21(23-9-15-26-17-20-8-5-14-27-20)25-12-10-24(11-13-25)19-7-4-6-18(2)16-19/h4,6-7,16,20H,3,5,8-15,17H2,1-2H3,(H,22,23). The minimum Gasteiger partial charge on any atom is -0.377 e. The van der Waals surface area contributed by atoms with Gasteiger partial charge in [0, 0.05) is 45.0 Å². The SMILES string of the molecule is CCNC(=NCCOCC1CCCO1)N1CCN(c2cccc(C)c2)CC1. The van der Waals surface area contributed by atoms with E-state index < -0.39 is 0 Å². The molecule has 1 N–H and O–H groups in total. The van der Waals surface area contributed by atoms with Gasteiger partial charge in [0.15, 0.2) is 5.96 Å². The summed E-state index contributed by atoms with van der Waals surface area (Å²) in [5, 5.41) is 3.43. The van der Waals surface area contributed by atoms with Crippen LogP contribution >= 0.6 is 0 Å². The molecule has 1 unspecified atom stereocenters. The minimum atomic E-state index is 0.289. The summed E-state index contributed by atoms with van der Waals surface area (Å²) < 4.78 is 11.3. The Hall–Kier alpha value is -1.79. The third kappa shape index (κ3) is 6.11. The molecule has 2 fully saturated rings. The molecule has 6 nitrogen and oxygen atoms in total. The fraction of sp³-hybridized carbons (Fsp3) is 0.667. The van der Waals surface area contributed by atoms with E-state index in [0.29, 0.717) is 19.8 Å². The minimum absolute atomic E-state index is 0.289. The van der Waals surface area contributed by atoms with Gasteiger partial charge in [-0.3, -0.25) is 4.99 Å². The normalized spacial score (nSPS) is 21.0. The number of anilines is 1. The molecule has 3 rings (SSSR count). The van der Waals surface area contributed by atoms with Crippen LogP contribution in [0.25, 0.3) is 0 Å². The van der Waals surface area contributed by atoms with Crippen molar-refractivity contribution in [2.75, 3.05) is 64.0 Å². The first kappa shape index (κ1) is 20.0. The molecular formula is C21H34N4O2. The summed E-state index contributed by atoms with van der Waals surface area (Å²) in [5.74, 6) is 1.00. The molecule has 0 saturated carbocycles. The number of piperazine rings is 1. The second-order valence-electron chi connectivity index (χ2n) is 7.26. The van der Waals surface area contributed by atoms with Crippen molar-refractivity contribution in [3.8, 4) is 0 Å². The van der Waals surface area contributed by atoms with Crippen molar-refractivity contribution in [3.63, 3.8) is 0 Å². The number of aryl methyl sites for hydroxylation is 1. The van der Waals surface area contributed by atoms with Gasteiger partial charge in [0.2, 0.25) is 0 Å². The maximum Gasteiger partial charge on any atom is 0.194 e. The summed E-state index contributed by atoms with van der Waals surface area (Å²) in [5.41, 5.74) is 2.63. The van der Waals surface area contributed by atoms with Gasteiger partial charge in [0.05, 0.1) is 25.9 Å². The number of nitrogens with zero attached hydrogens (tertiary/aromatic N) is 3. The van der Waals surface area contributed by atoms with Crippen molar-refractivity contribution in [2.45, 2.75) is 32.8 Å². The largest absolute Gasteiger partial charge is 0.377 e. The molecule has 2 aliphatic rings. The van der Waals surface area contributed by atoms with Gasteiger partial charge >= 0.3 is 0 Å². The predicted molar refractivity (Wildman–Crippen MR) is 111 cm³/mol. The zero-order valence-electron chi connectivity index (χ0n) is 16.8. The average Bonchev–Trinajstić information content (AvgIpc) is 3.21. The molecule has 1 aromatic carbocycles. The highest BCUT2D eigenvalue weighted by atomic mass is 16.5. The molecule has 1 aromatic rings. The lowest BCUT2D eigenvalue weighted by molar-refractivity contribution is 0.0199. The Morgan fingerprint density at radius 3 is 2.85 bits per heavy atom. The summed E-state index contributed by atoms with van der Waals surface area (Å²) in [6.45, 7) is 12.1. The van der Waals surface area contributed by atoms with E-state index in [1.807, 2.05) is 0 Å². The summed E-state index contributed by atoms with van der Waals surface area (Å²) in [7, 11) is 0. The Balaban J connectivity index is 1.44. The molecule has 0 radical (unpaired) electrons. The molecule has 1 atom stereocenters. The Morgan fingerprint density at radius 1 is 1.30 bits per heavy atom. The number of hydrogen-bond acceptors (Lipinski definition) is 4. The molecule has 0 spiro atoms. The van der Waals surface area contributed by atoms with Gasteiger partial charge in [-0.25, -0.2) is 0 Å². The number of rotatable bonds is 7. The molecule has 150 valence electrons. The molecule has 27 heavy (non-hydrogen) atoms. The predicted octanol–water partition coefficient (Wildman–Crippen LogP) is 2.28. The smallest absolute Gasteiger partial charge is 0.194 e. The third-order valence-corrected chi connectivity index (χ3v) is 5.11. The zero-order valence-corrected chi connectivity index (χ0v) is 16.8. The molecule has 0 aromatic heterocycles. The van der Waals surface area contributed by atoms with Crippen LogP contribution in [0.1, 0.15) is 25.3 Å². The third-order valence-electron chi connectivity index (χ3n) is 5.11. The van der Waals surface area contributed by atoms with Gasteiger partial charge in [-0.1, -0.05) is 12.1 Å². The lowest BCUT2D eigenvalue weighted by Gasteiger charge is -2.37. The highest BCUT2D eigenvalue weighted by Crippen LogP contribution is 2.18. The molecule has 0 amide bonds. The van der Waals surface area contributed by atoms with Crippen molar-refractivity contribution in [3.05, 3.63) is 29.8 Å². The van der Waals surface area contributed by atoms with Crippen molar-refractivity contribution in [2.24, 2.45) is 4.99 Å². The van der Waals surface area contributed by atoms with Crippen LogP contribution in [0.3, 0.4) is 0 Å². The van der Waals surface area contributed by atoms with E-state index in [1.54, 1.807) is 0 Å². The summed E-state index contributed by atoms with van der Waals surface area (Å²) >= 11 is 0. The first-order valence-electron chi connectivity index (χ1n) is 10.3. The first-order valence-corrected chi connectivity index (χ1v) is 10.3. The van der Waals surface area contributed by atoms with Crippen LogP contribution in [0.2, 0.25) is 0 Å². The summed E-state index contributed by atoms with van der Waals surface area (Å²) in [6.07, 6.45) is 2.57. The molecule has 0 aliphatic carbocycles. The van der Waals surface area contributed by atoms with Crippen molar-refractivity contribution >= 4 is 11.6 Å². The molecule has 6 heteroatoms. The second-order valence-corrected chi connectivity index (χ2v) is 7.26. The van der Waals surface area contributed by atoms with E-state index in [1.165, 1.54) is 11.3 Å². The van der Waals surface area contributed by atoms with Crippen LogP contribution < -0.4 is 10.2 Å². The molecule has 2 saturated heterocycles. The fourth-order valence-electron chi connectivity index (χ4n) is 3.63. The Morgan fingerprint density at radius 2 is 2.15 bits per heavy atom. The van der Waals surface area contributed by atoms with Crippen LogP contribution in [0, 0.1) is 6.92 Å². The summed E-state index contributed by atoms with van der Waals surface area (Å²) in [6, 6.07) is 8.75. The van der Waals surface area contributed by atoms with Gasteiger partial charge in [0.25, 0.3) is 0 Å². The van der Waals surface area contributed by atoms with Crippen LogP contribution in [0.15, 0.2) is 29.3 Å². The average molecular weight is 375 g/mol. The van der Waals surface area contributed by atoms with E-state index in [-0.39, 0.29) is 6.10 Å². The van der Waals surface area contributed by atoms with Crippen LogP contribution in [-0.4, -0.2) is 76.1 Å². The number of hydrogen-bond donors (Lipinski definition) is 1. The Kier molecular flexibility index (Phi) is 7.78. The molecule has 0 bridgehead atoms. The number of nitrogens with one attached hydrogen (secondary N) is 1. The van der Waals surface area contributed by atoms with Crippen molar-refractivity contribution in [1.82, 2.24) is 10.2 Å². The topological polar surface area (TPSA) is 49.3 Å². The van der Waals surface area contributed by atoms with Gasteiger partial charge in [-0.05, 0) is 44.4 Å². The highest BCUT2D eigenvalue weighted by molar-refractivity contribution is 5.80. The van der Waals surface area contributed by atoms with Crippen molar-refractivity contribution < 1.29 is 9.47 Å². The number of aliphatic imine (C=N–C) groups is 1. The summed E-state index contributed by atoms with van der Waals surface area (Å²) in [4.78, 5) is 9.57. The molecule has 2 heterocycles. The van der Waals surface area contributed by atoms with Gasteiger partial charge in [-0.15, -0.1) is 0 Å². The highest BCUT2D eigenvalue weighted by Gasteiger charge is 2.20. The number of guanidine groups is 1. The lowest BCUT2D eigenvalue weighted by Crippen LogP contribution is -2.52. The van der Waals surface area contributed by atoms with Crippen molar-refractivity contribution in [1.29, 1.82) is 0 Å². The van der Waals surface area contributed by atoms with Gasteiger partial charge < -0.3 is 24.6 Å². The van der Waals surface area contributed by atoms with Gasteiger partial charge in [0.1, 0.15) is 0 Å². The first-order chi connectivity index (χ1) is 13.3. The van der Waals surface area contributed by atoms with E-state index in [9.17, 15) is 0 Å². The molecular weight excluding hydrogens is 340 g/mol. The number of benzene rings is 1. The van der Waals surface area contributed by atoms with E-state index in [0.717, 1.165) is 58.1 Å². The second kappa shape index (κ2) is 10.5.